The first-order valence-corrected chi connectivity index (χ1v) is 14.4. The minimum atomic E-state index is 0.368. The van der Waals surface area contributed by atoms with Crippen molar-refractivity contribution in [2.75, 3.05) is 52.5 Å². The molecular weight excluding hydrogens is 556 g/mol. The number of hydrogen-bond acceptors (Lipinski definition) is 10. The van der Waals surface area contributed by atoms with Gasteiger partial charge in [0.25, 0.3) is 0 Å². The number of ether oxygens (including phenoxy) is 4. The van der Waals surface area contributed by atoms with Gasteiger partial charge in [-0.3, -0.25) is 0 Å². The van der Waals surface area contributed by atoms with Crippen LogP contribution >= 0.6 is 0 Å². The molecule has 4 aromatic carbocycles. The zero-order valence-electron chi connectivity index (χ0n) is 25.0. The summed E-state index contributed by atoms with van der Waals surface area (Å²) in [5.74, 6) is 8.07. The molecule has 0 saturated heterocycles. The lowest BCUT2D eigenvalue weighted by molar-refractivity contribution is 0.132. The standard InChI is InChI=1S/C34H38N6O4/c1-41-14-16-43-32-20-29-31(21-33(32)44-17-15-42-2)37-23-38-34(29)39-28-9-5-8-27(19-28)30(35)22-40(36)13-12-24-10-11-25-6-3-4-7-26(25)18-24/h3-11,18-23H,12-17,35-36H2,1-2H3,(H,37,38,39)/b30-22-. The van der Waals surface area contributed by atoms with Crippen molar-refractivity contribution in [2.45, 2.75) is 6.42 Å². The van der Waals surface area contributed by atoms with Crippen LogP contribution in [0, 0.1) is 0 Å². The molecule has 10 heteroatoms. The molecule has 0 radical (unpaired) electrons. The van der Waals surface area contributed by atoms with Gasteiger partial charge in [0, 0.05) is 49.7 Å². The number of methoxy groups -OCH3 is 2. The van der Waals surface area contributed by atoms with Gasteiger partial charge in [0.2, 0.25) is 0 Å². The molecule has 44 heavy (non-hydrogen) atoms. The van der Waals surface area contributed by atoms with Gasteiger partial charge in [0.05, 0.1) is 24.4 Å². The van der Waals surface area contributed by atoms with Crippen molar-refractivity contribution in [3.8, 4) is 11.5 Å². The number of fused-ring (bicyclic) bond motifs is 2. The summed E-state index contributed by atoms with van der Waals surface area (Å²) in [6.07, 6.45) is 4.06. The topological polar surface area (TPSA) is 130 Å². The summed E-state index contributed by atoms with van der Waals surface area (Å²) in [5, 5.41) is 8.24. The van der Waals surface area contributed by atoms with E-state index >= 15 is 0 Å². The number of hydrazine groups is 1. The third kappa shape index (κ3) is 7.93. The minimum absolute atomic E-state index is 0.368. The number of hydrogen-bond donors (Lipinski definition) is 3. The van der Waals surface area contributed by atoms with Crippen molar-refractivity contribution >= 4 is 38.9 Å². The Balaban J connectivity index is 1.30. The molecular formula is C34H38N6O4. The van der Waals surface area contributed by atoms with Crippen molar-refractivity contribution in [3.63, 3.8) is 0 Å². The molecule has 5 aromatic rings. The molecule has 10 nitrogen and oxygen atoms in total. The molecule has 0 aliphatic rings. The summed E-state index contributed by atoms with van der Waals surface area (Å²) in [4.78, 5) is 8.95. The fourth-order valence-corrected chi connectivity index (χ4v) is 4.74. The van der Waals surface area contributed by atoms with Crippen LogP contribution in [0.2, 0.25) is 0 Å². The average molecular weight is 595 g/mol. The number of benzene rings is 4. The van der Waals surface area contributed by atoms with Gasteiger partial charge in [0.1, 0.15) is 25.4 Å². The largest absolute Gasteiger partial charge is 0.487 e. The Morgan fingerprint density at radius 3 is 2.34 bits per heavy atom. The van der Waals surface area contributed by atoms with Gasteiger partial charge in [-0.05, 0) is 41.0 Å². The number of nitrogens with zero attached hydrogens (tertiary/aromatic N) is 3. The van der Waals surface area contributed by atoms with Crippen LogP contribution in [0.4, 0.5) is 11.5 Å². The second-order valence-electron chi connectivity index (χ2n) is 10.2. The molecule has 1 aromatic heterocycles. The van der Waals surface area contributed by atoms with E-state index in [-0.39, 0.29) is 0 Å². The molecule has 1 heterocycles. The van der Waals surface area contributed by atoms with Crippen LogP contribution < -0.4 is 26.4 Å². The highest BCUT2D eigenvalue weighted by molar-refractivity contribution is 5.93. The third-order valence-corrected chi connectivity index (χ3v) is 7.03. The number of nitrogens with one attached hydrogen (secondary N) is 1. The van der Waals surface area contributed by atoms with Crippen molar-refractivity contribution < 1.29 is 18.9 Å². The first-order chi connectivity index (χ1) is 21.5. The smallest absolute Gasteiger partial charge is 0.163 e. The first-order valence-electron chi connectivity index (χ1n) is 14.4. The Labute approximate surface area is 257 Å². The van der Waals surface area contributed by atoms with E-state index in [4.69, 9.17) is 30.5 Å². The minimum Gasteiger partial charge on any atom is -0.487 e. The van der Waals surface area contributed by atoms with E-state index in [0.29, 0.717) is 61.5 Å². The fourth-order valence-electron chi connectivity index (χ4n) is 4.74. The molecule has 0 fully saturated rings. The lowest BCUT2D eigenvalue weighted by atomic mass is 10.1. The summed E-state index contributed by atoms with van der Waals surface area (Å²) in [7, 11) is 3.26. The second kappa shape index (κ2) is 15.0. The molecule has 228 valence electrons. The van der Waals surface area contributed by atoms with Gasteiger partial charge in [-0.25, -0.2) is 15.8 Å². The Morgan fingerprint density at radius 2 is 1.57 bits per heavy atom. The molecule has 0 bridgehead atoms. The highest BCUT2D eigenvalue weighted by atomic mass is 16.5. The van der Waals surface area contributed by atoms with Crippen molar-refractivity contribution in [2.24, 2.45) is 11.6 Å². The highest BCUT2D eigenvalue weighted by Gasteiger charge is 2.13. The normalized spacial score (nSPS) is 11.6. The van der Waals surface area contributed by atoms with E-state index in [0.717, 1.165) is 23.1 Å². The Morgan fingerprint density at radius 1 is 0.818 bits per heavy atom. The van der Waals surface area contributed by atoms with E-state index < -0.39 is 0 Å². The molecule has 0 aliphatic heterocycles. The van der Waals surface area contributed by atoms with Gasteiger partial charge < -0.3 is 35.0 Å². The maximum Gasteiger partial charge on any atom is 0.163 e. The Bertz CT molecular complexity index is 1730. The fraction of sp³-hybridized carbons (Fsp3) is 0.235. The number of rotatable bonds is 15. The lowest BCUT2D eigenvalue weighted by Gasteiger charge is -2.16. The summed E-state index contributed by atoms with van der Waals surface area (Å²) >= 11 is 0. The predicted molar refractivity (Wildman–Crippen MR) is 175 cm³/mol. The average Bonchev–Trinajstić information content (AvgIpc) is 3.04. The van der Waals surface area contributed by atoms with Crippen LogP contribution in [0.5, 0.6) is 11.5 Å². The lowest BCUT2D eigenvalue weighted by Crippen LogP contribution is -2.28. The molecule has 0 saturated carbocycles. The Kier molecular flexibility index (Phi) is 10.4. The summed E-state index contributed by atoms with van der Waals surface area (Å²) in [6.45, 7) is 2.26. The maximum absolute atomic E-state index is 6.47. The van der Waals surface area contributed by atoms with Crippen molar-refractivity contribution in [1.29, 1.82) is 0 Å². The quantitative estimate of drug-likeness (QED) is 0.0839. The van der Waals surface area contributed by atoms with E-state index in [9.17, 15) is 0 Å². The number of anilines is 2. The predicted octanol–water partition coefficient (Wildman–Crippen LogP) is 5.25. The molecule has 0 aliphatic carbocycles. The summed E-state index contributed by atoms with van der Waals surface area (Å²) in [5.41, 5.74) is 10.6. The van der Waals surface area contributed by atoms with Gasteiger partial charge >= 0.3 is 0 Å². The zero-order chi connectivity index (χ0) is 30.7. The highest BCUT2D eigenvalue weighted by Crippen LogP contribution is 2.35. The SMILES string of the molecule is COCCOc1cc2ncnc(Nc3cccc(/C(N)=C/N(N)CCc4ccc5ccccc5c4)c3)c2cc1OCCOC. The van der Waals surface area contributed by atoms with Gasteiger partial charge in [-0.2, -0.15) is 0 Å². The molecule has 5 N–H and O–H groups in total. The first kappa shape index (κ1) is 30.6. The van der Waals surface area contributed by atoms with Crippen LogP contribution in [0.15, 0.2) is 91.4 Å². The van der Waals surface area contributed by atoms with Crippen molar-refractivity contribution in [3.05, 3.63) is 103 Å². The number of nitrogens with two attached hydrogens (primary N) is 2. The van der Waals surface area contributed by atoms with Gasteiger partial charge in [-0.15, -0.1) is 0 Å². The summed E-state index contributed by atoms with van der Waals surface area (Å²) in [6, 6.07) is 26.3. The van der Waals surface area contributed by atoms with Crippen LogP contribution in [0.3, 0.4) is 0 Å². The molecule has 0 amide bonds. The summed E-state index contributed by atoms with van der Waals surface area (Å²) < 4.78 is 22.1. The van der Waals surface area contributed by atoms with Gasteiger partial charge in [0.15, 0.2) is 11.5 Å². The molecule has 0 unspecified atom stereocenters. The third-order valence-electron chi connectivity index (χ3n) is 7.03. The Hall–Kier alpha value is -4.90. The van der Waals surface area contributed by atoms with Crippen LogP contribution in [-0.4, -0.2) is 62.2 Å². The van der Waals surface area contributed by atoms with E-state index in [2.05, 4.69) is 45.6 Å². The molecule has 5 rings (SSSR count). The maximum atomic E-state index is 6.47. The second-order valence-corrected chi connectivity index (χ2v) is 10.2. The number of aromatic nitrogens is 2. The van der Waals surface area contributed by atoms with E-state index in [1.807, 2.05) is 48.5 Å². The molecule has 0 spiro atoms. The van der Waals surface area contributed by atoms with Crippen LogP contribution in [0.25, 0.3) is 27.4 Å². The van der Waals surface area contributed by atoms with Gasteiger partial charge in [-0.1, -0.05) is 54.6 Å². The van der Waals surface area contributed by atoms with E-state index in [1.54, 1.807) is 25.4 Å². The zero-order valence-corrected chi connectivity index (χ0v) is 25.0. The monoisotopic (exact) mass is 594 g/mol. The van der Waals surface area contributed by atoms with Crippen molar-refractivity contribution in [1.82, 2.24) is 15.0 Å². The van der Waals surface area contributed by atoms with Crippen LogP contribution in [-0.2, 0) is 15.9 Å². The van der Waals surface area contributed by atoms with Crippen LogP contribution in [0.1, 0.15) is 11.1 Å². The van der Waals surface area contributed by atoms with E-state index in [1.165, 1.54) is 22.7 Å². The molecule has 0 atom stereocenters.